The van der Waals surface area contributed by atoms with Crippen LogP contribution in [0.4, 0.5) is 5.69 Å². The number of amides is 3. The maximum Gasteiger partial charge on any atom is 0.274 e. The van der Waals surface area contributed by atoms with Crippen molar-refractivity contribution >= 4 is 23.4 Å². The number of carbonyl (C=O) groups excluding carboxylic acids is 3. The van der Waals surface area contributed by atoms with Crippen LogP contribution in [-0.4, -0.2) is 65.8 Å². The Balaban J connectivity index is 1.70. The van der Waals surface area contributed by atoms with Gasteiger partial charge in [-0.15, -0.1) is 0 Å². The van der Waals surface area contributed by atoms with E-state index in [0.717, 1.165) is 0 Å². The fourth-order valence-corrected chi connectivity index (χ4v) is 3.03. The van der Waals surface area contributed by atoms with E-state index in [1.54, 1.807) is 40.1 Å². The highest BCUT2D eigenvalue weighted by Gasteiger charge is 2.24. The van der Waals surface area contributed by atoms with Crippen LogP contribution in [0.2, 0.25) is 0 Å². The van der Waals surface area contributed by atoms with Gasteiger partial charge >= 0.3 is 0 Å². The second-order valence-electron chi connectivity index (χ2n) is 6.38. The molecule has 0 bridgehead atoms. The van der Waals surface area contributed by atoms with E-state index in [0.29, 0.717) is 43.2 Å². The van der Waals surface area contributed by atoms with Gasteiger partial charge in [-0.25, -0.2) is 0 Å². The number of carbonyl (C=O) groups is 3. The summed E-state index contributed by atoms with van der Waals surface area (Å²) >= 11 is 0. The molecule has 146 valence electrons. The lowest BCUT2D eigenvalue weighted by Crippen LogP contribution is -2.50. The number of ether oxygens (including phenoxy) is 1. The highest BCUT2D eigenvalue weighted by molar-refractivity contribution is 6.05. The van der Waals surface area contributed by atoms with E-state index in [2.05, 4.69) is 10.3 Å². The number of hydrogen-bond acceptors (Lipinski definition) is 5. The number of nitrogens with one attached hydrogen (secondary N) is 1. The van der Waals surface area contributed by atoms with E-state index in [-0.39, 0.29) is 17.5 Å². The van der Waals surface area contributed by atoms with Gasteiger partial charge in [0.1, 0.15) is 11.4 Å². The first kappa shape index (κ1) is 19.3. The van der Waals surface area contributed by atoms with Crippen molar-refractivity contribution in [3.63, 3.8) is 0 Å². The molecule has 0 atom stereocenters. The number of aromatic nitrogens is 1. The molecule has 8 nitrogen and oxygen atoms in total. The fourth-order valence-electron chi connectivity index (χ4n) is 3.03. The van der Waals surface area contributed by atoms with E-state index in [9.17, 15) is 14.4 Å². The smallest absolute Gasteiger partial charge is 0.274 e. The topological polar surface area (TPSA) is 91.8 Å². The lowest BCUT2D eigenvalue weighted by atomic mass is 10.1. The number of methoxy groups -OCH3 is 1. The molecule has 1 aromatic heterocycles. The van der Waals surface area contributed by atoms with Crippen LogP contribution in [0.25, 0.3) is 0 Å². The third-order valence-corrected chi connectivity index (χ3v) is 4.61. The zero-order valence-electron chi connectivity index (χ0n) is 15.8. The van der Waals surface area contributed by atoms with E-state index in [1.807, 2.05) is 0 Å². The Labute approximate surface area is 163 Å². The molecule has 0 unspecified atom stereocenters. The summed E-state index contributed by atoms with van der Waals surface area (Å²) in [6.07, 6.45) is 1.44. The monoisotopic (exact) mass is 382 g/mol. The predicted molar refractivity (Wildman–Crippen MR) is 103 cm³/mol. The molecule has 1 saturated heterocycles. The largest absolute Gasteiger partial charge is 0.495 e. The molecule has 8 heteroatoms. The molecule has 3 amide bonds. The number of piperazine rings is 1. The Morgan fingerprint density at radius 1 is 1.04 bits per heavy atom. The zero-order valence-corrected chi connectivity index (χ0v) is 15.8. The molecule has 0 spiro atoms. The third-order valence-electron chi connectivity index (χ3n) is 4.61. The third kappa shape index (κ3) is 4.28. The van der Waals surface area contributed by atoms with Crippen molar-refractivity contribution in [1.29, 1.82) is 0 Å². The van der Waals surface area contributed by atoms with Crippen LogP contribution in [0.5, 0.6) is 5.75 Å². The van der Waals surface area contributed by atoms with Gasteiger partial charge in [-0.3, -0.25) is 19.4 Å². The van der Waals surface area contributed by atoms with E-state index < -0.39 is 5.91 Å². The average Bonchev–Trinajstić information content (AvgIpc) is 2.73. The number of para-hydroxylation sites is 2. The van der Waals surface area contributed by atoms with Crippen molar-refractivity contribution in [3.8, 4) is 5.75 Å². The molecule has 0 aliphatic carbocycles. The molecular formula is C20H22N4O4. The van der Waals surface area contributed by atoms with E-state index in [1.165, 1.54) is 26.3 Å². The predicted octanol–water partition coefficient (Wildman–Crippen LogP) is 1.65. The molecule has 28 heavy (non-hydrogen) atoms. The summed E-state index contributed by atoms with van der Waals surface area (Å²) in [6, 6.07) is 10.1. The van der Waals surface area contributed by atoms with E-state index in [4.69, 9.17) is 4.74 Å². The minimum atomic E-state index is -0.430. The highest BCUT2D eigenvalue weighted by atomic mass is 16.5. The quantitative estimate of drug-likeness (QED) is 0.868. The molecule has 2 heterocycles. The number of rotatable bonds is 4. The van der Waals surface area contributed by atoms with Crippen LogP contribution in [-0.2, 0) is 4.79 Å². The molecule has 1 aliphatic heterocycles. The first-order chi connectivity index (χ1) is 13.5. The van der Waals surface area contributed by atoms with Crippen LogP contribution in [0, 0.1) is 0 Å². The number of pyridine rings is 1. The zero-order chi connectivity index (χ0) is 20.1. The molecular weight excluding hydrogens is 360 g/mol. The SMILES string of the molecule is COc1ccccc1NC(=O)c1cc(C(=O)N2CCN(C(C)=O)CC2)ccn1. The van der Waals surface area contributed by atoms with E-state index >= 15 is 0 Å². The van der Waals surface area contributed by atoms with Gasteiger partial charge in [0.15, 0.2) is 0 Å². The standard InChI is InChI=1S/C20H22N4O4/c1-14(25)23-9-11-24(12-10-23)20(27)15-7-8-21-17(13-15)19(26)22-16-5-3-4-6-18(16)28-2/h3-8,13H,9-12H2,1-2H3,(H,22,26). The van der Waals surface area contributed by atoms with Crippen LogP contribution < -0.4 is 10.1 Å². The minimum Gasteiger partial charge on any atom is -0.495 e. The summed E-state index contributed by atoms with van der Waals surface area (Å²) in [5, 5.41) is 2.75. The fraction of sp³-hybridized carbons (Fsp3) is 0.300. The maximum absolute atomic E-state index is 12.8. The molecule has 2 aromatic rings. The Bertz CT molecular complexity index is 891. The second kappa shape index (κ2) is 8.51. The highest BCUT2D eigenvalue weighted by Crippen LogP contribution is 2.23. The second-order valence-corrected chi connectivity index (χ2v) is 6.38. The summed E-state index contributed by atoms with van der Waals surface area (Å²) in [7, 11) is 1.52. The van der Waals surface area contributed by atoms with Gasteiger partial charge in [-0.1, -0.05) is 12.1 Å². The molecule has 1 aromatic carbocycles. The lowest BCUT2D eigenvalue weighted by Gasteiger charge is -2.34. The van der Waals surface area contributed by atoms with Crippen molar-refractivity contribution in [2.75, 3.05) is 38.6 Å². The van der Waals surface area contributed by atoms with Crippen molar-refractivity contribution in [2.24, 2.45) is 0 Å². The summed E-state index contributed by atoms with van der Waals surface area (Å²) in [4.78, 5) is 44.2. The molecule has 3 rings (SSSR count). The molecule has 1 fully saturated rings. The van der Waals surface area contributed by atoms with Crippen molar-refractivity contribution in [3.05, 3.63) is 53.9 Å². The molecule has 0 radical (unpaired) electrons. The van der Waals surface area contributed by atoms with Gasteiger partial charge in [0.2, 0.25) is 5.91 Å². The van der Waals surface area contributed by atoms with Gasteiger partial charge in [0.05, 0.1) is 12.8 Å². The van der Waals surface area contributed by atoms with Gasteiger partial charge in [0, 0.05) is 44.9 Å². The summed E-state index contributed by atoms with van der Waals surface area (Å²) in [5.41, 5.74) is 1.05. The lowest BCUT2D eigenvalue weighted by molar-refractivity contribution is -0.130. The Kier molecular flexibility index (Phi) is 5.88. The summed E-state index contributed by atoms with van der Waals surface area (Å²) in [5.74, 6) is -0.0739. The molecule has 0 saturated carbocycles. The van der Waals surface area contributed by atoms with Crippen molar-refractivity contribution in [1.82, 2.24) is 14.8 Å². The molecule has 1 N–H and O–H groups in total. The van der Waals surface area contributed by atoms with Gasteiger partial charge in [0.25, 0.3) is 11.8 Å². The Hall–Kier alpha value is -3.42. The Morgan fingerprint density at radius 2 is 1.71 bits per heavy atom. The van der Waals surface area contributed by atoms with Gasteiger partial charge in [-0.05, 0) is 24.3 Å². The first-order valence-electron chi connectivity index (χ1n) is 8.95. The summed E-state index contributed by atoms with van der Waals surface area (Å²) in [6.45, 7) is 3.46. The normalized spacial score (nSPS) is 13.8. The number of hydrogen-bond donors (Lipinski definition) is 1. The van der Waals surface area contributed by atoms with Gasteiger partial charge in [-0.2, -0.15) is 0 Å². The number of anilines is 1. The summed E-state index contributed by atoms with van der Waals surface area (Å²) < 4.78 is 5.22. The van der Waals surface area contributed by atoms with Crippen molar-refractivity contribution in [2.45, 2.75) is 6.92 Å². The number of benzene rings is 1. The molecule has 1 aliphatic rings. The maximum atomic E-state index is 12.8. The van der Waals surface area contributed by atoms with Crippen LogP contribution in [0.3, 0.4) is 0 Å². The average molecular weight is 382 g/mol. The van der Waals surface area contributed by atoms with Crippen LogP contribution in [0.15, 0.2) is 42.6 Å². The van der Waals surface area contributed by atoms with Gasteiger partial charge < -0.3 is 19.9 Å². The number of nitrogens with zero attached hydrogens (tertiary/aromatic N) is 3. The van der Waals surface area contributed by atoms with Crippen LogP contribution in [0.1, 0.15) is 27.8 Å². The first-order valence-corrected chi connectivity index (χ1v) is 8.95. The minimum absolute atomic E-state index is 0.00584. The van der Waals surface area contributed by atoms with Crippen LogP contribution >= 0.6 is 0 Å². The van der Waals surface area contributed by atoms with Crippen molar-refractivity contribution < 1.29 is 19.1 Å². The Morgan fingerprint density at radius 3 is 2.39 bits per heavy atom.